The Morgan fingerprint density at radius 1 is 1.26 bits per heavy atom. The molecule has 0 saturated carbocycles. The number of anilines is 1. The summed E-state index contributed by atoms with van der Waals surface area (Å²) < 4.78 is 0. The summed E-state index contributed by atoms with van der Waals surface area (Å²) in [5.74, 6) is 0. The average Bonchev–Trinajstić information content (AvgIpc) is 3.10. The van der Waals surface area contributed by atoms with Crippen LogP contribution in [0.5, 0.6) is 0 Å². The number of thiophene rings is 1. The van der Waals surface area contributed by atoms with Gasteiger partial charge in [0.05, 0.1) is 28.5 Å². The molecule has 27 heavy (non-hydrogen) atoms. The van der Waals surface area contributed by atoms with Gasteiger partial charge < -0.3 is 10.2 Å². The first kappa shape index (κ1) is 19.2. The van der Waals surface area contributed by atoms with Crippen LogP contribution in [-0.2, 0) is 13.0 Å². The average molecular weight is 379 g/mol. The van der Waals surface area contributed by atoms with E-state index in [4.69, 9.17) is 0 Å². The lowest BCUT2D eigenvalue weighted by molar-refractivity contribution is 0.378. The van der Waals surface area contributed by atoms with Crippen LogP contribution in [0, 0.1) is 11.3 Å². The summed E-state index contributed by atoms with van der Waals surface area (Å²) in [6, 6.07) is 10.2. The molecule has 1 aliphatic heterocycles. The van der Waals surface area contributed by atoms with Crippen molar-refractivity contribution in [2.45, 2.75) is 39.2 Å². The molecule has 0 amide bonds. The van der Waals surface area contributed by atoms with Crippen molar-refractivity contribution in [2.24, 2.45) is 4.99 Å². The second-order valence-corrected chi connectivity index (χ2v) is 7.58. The zero-order chi connectivity index (χ0) is 19.1. The normalized spacial score (nSPS) is 15.3. The summed E-state index contributed by atoms with van der Waals surface area (Å²) in [6.45, 7) is 9.09. The van der Waals surface area contributed by atoms with Gasteiger partial charge in [0.2, 0.25) is 0 Å². The van der Waals surface area contributed by atoms with Gasteiger partial charge in [-0.25, -0.2) is 0 Å². The zero-order valence-corrected chi connectivity index (χ0v) is 16.7. The van der Waals surface area contributed by atoms with E-state index in [9.17, 15) is 5.26 Å². The highest BCUT2D eigenvalue weighted by atomic mass is 32.1. The maximum atomic E-state index is 9.44. The van der Waals surface area contributed by atoms with Crippen molar-refractivity contribution in [1.29, 1.82) is 5.26 Å². The molecule has 0 spiro atoms. The highest BCUT2D eigenvalue weighted by Gasteiger charge is 2.19. The number of nitrogens with one attached hydrogen (secondary N) is 1. The van der Waals surface area contributed by atoms with E-state index in [1.807, 2.05) is 30.6 Å². The molecule has 2 aromatic rings. The SMILES string of the molecule is C=C1c2scc(CC)c2NC=NCCCCCN1Cc1ccccc1C#N. The Bertz CT molecular complexity index is 859. The van der Waals surface area contributed by atoms with Crippen LogP contribution in [0.4, 0.5) is 5.69 Å². The van der Waals surface area contributed by atoms with Crippen LogP contribution < -0.4 is 5.32 Å². The fraction of sp³-hybridized carbons (Fsp3) is 0.364. The van der Waals surface area contributed by atoms with Crippen molar-refractivity contribution in [1.82, 2.24) is 4.90 Å². The molecular formula is C22H26N4S. The highest BCUT2D eigenvalue weighted by Crippen LogP contribution is 2.36. The predicted molar refractivity (Wildman–Crippen MR) is 115 cm³/mol. The Morgan fingerprint density at radius 2 is 2.11 bits per heavy atom. The molecule has 5 heteroatoms. The van der Waals surface area contributed by atoms with Gasteiger partial charge in [-0.2, -0.15) is 5.26 Å². The maximum absolute atomic E-state index is 9.44. The first-order chi connectivity index (χ1) is 13.2. The lowest BCUT2D eigenvalue weighted by Crippen LogP contribution is -2.23. The Hall–Kier alpha value is -2.58. The largest absolute Gasteiger partial charge is 0.366 e. The standard InChI is InChI=1S/C22H26N4S/c1-3-18-15-27-22-17(2)26(14-20-10-6-5-9-19(20)13-23)12-8-4-7-11-24-16-25-21(18)22/h5-6,9-10,15-16H,2-4,7-8,11-12,14H2,1H3,(H,24,25). The van der Waals surface area contributed by atoms with Gasteiger partial charge in [-0.05, 0) is 48.3 Å². The second kappa shape index (κ2) is 9.38. The minimum atomic E-state index is 0.704. The van der Waals surface area contributed by atoms with Crippen molar-refractivity contribution in [3.8, 4) is 6.07 Å². The van der Waals surface area contributed by atoms with Crippen molar-refractivity contribution in [2.75, 3.05) is 18.4 Å². The van der Waals surface area contributed by atoms with Crippen LogP contribution in [0.3, 0.4) is 0 Å². The summed E-state index contributed by atoms with van der Waals surface area (Å²) in [5.41, 5.74) is 5.22. The lowest BCUT2D eigenvalue weighted by atomic mass is 10.1. The molecule has 2 heterocycles. The molecule has 0 atom stereocenters. The summed E-state index contributed by atoms with van der Waals surface area (Å²) >= 11 is 1.73. The Kier molecular flexibility index (Phi) is 6.67. The maximum Gasteiger partial charge on any atom is 0.0995 e. The smallest absolute Gasteiger partial charge is 0.0995 e. The van der Waals surface area contributed by atoms with Gasteiger partial charge in [0.1, 0.15) is 0 Å². The molecule has 1 aliphatic rings. The molecule has 1 aromatic carbocycles. The Balaban J connectivity index is 1.94. The monoisotopic (exact) mass is 378 g/mol. The second-order valence-electron chi connectivity index (χ2n) is 6.70. The van der Waals surface area contributed by atoms with Crippen molar-refractivity contribution in [3.05, 3.63) is 57.8 Å². The molecular weight excluding hydrogens is 352 g/mol. The van der Waals surface area contributed by atoms with E-state index < -0.39 is 0 Å². The number of nitriles is 1. The van der Waals surface area contributed by atoms with Crippen LogP contribution in [0.2, 0.25) is 0 Å². The van der Waals surface area contributed by atoms with Crippen molar-refractivity contribution < 1.29 is 0 Å². The summed E-state index contributed by atoms with van der Waals surface area (Å²) in [4.78, 5) is 7.97. The highest BCUT2D eigenvalue weighted by molar-refractivity contribution is 7.11. The first-order valence-corrected chi connectivity index (χ1v) is 10.4. The fourth-order valence-electron chi connectivity index (χ4n) is 3.31. The van der Waals surface area contributed by atoms with E-state index in [0.29, 0.717) is 6.54 Å². The number of rotatable bonds is 3. The van der Waals surface area contributed by atoms with Crippen LogP contribution in [-0.4, -0.2) is 24.3 Å². The van der Waals surface area contributed by atoms with Crippen LogP contribution in [0.15, 0.2) is 41.2 Å². The third-order valence-corrected chi connectivity index (χ3v) is 5.98. The van der Waals surface area contributed by atoms with E-state index in [1.54, 1.807) is 11.3 Å². The van der Waals surface area contributed by atoms with Crippen molar-refractivity contribution >= 4 is 29.1 Å². The van der Waals surface area contributed by atoms with E-state index in [0.717, 1.165) is 66.2 Å². The Morgan fingerprint density at radius 3 is 2.93 bits per heavy atom. The zero-order valence-electron chi connectivity index (χ0n) is 15.9. The number of hydrogen-bond acceptors (Lipinski definition) is 5. The molecule has 4 nitrogen and oxygen atoms in total. The molecule has 1 N–H and O–H groups in total. The van der Waals surface area contributed by atoms with Gasteiger partial charge >= 0.3 is 0 Å². The summed E-state index contributed by atoms with van der Waals surface area (Å²) in [5, 5.41) is 15.0. The minimum Gasteiger partial charge on any atom is -0.366 e. The van der Waals surface area contributed by atoms with Gasteiger partial charge in [-0.3, -0.25) is 4.99 Å². The third-order valence-electron chi connectivity index (χ3n) is 4.91. The number of hydrogen-bond donors (Lipinski definition) is 1. The number of aryl methyl sites for hydroxylation is 1. The van der Waals surface area contributed by atoms with Crippen LogP contribution in [0.25, 0.3) is 5.70 Å². The molecule has 140 valence electrons. The number of aliphatic imine (C=N–C) groups is 1. The molecule has 0 bridgehead atoms. The number of nitrogens with zero attached hydrogens (tertiary/aromatic N) is 3. The van der Waals surface area contributed by atoms with Gasteiger partial charge in [0.25, 0.3) is 0 Å². The summed E-state index contributed by atoms with van der Waals surface area (Å²) in [7, 11) is 0. The van der Waals surface area contributed by atoms with Crippen LogP contribution in [0.1, 0.15) is 47.8 Å². The van der Waals surface area contributed by atoms with E-state index in [-0.39, 0.29) is 0 Å². The Labute approximate surface area is 165 Å². The van der Waals surface area contributed by atoms with Gasteiger partial charge in [0, 0.05) is 25.3 Å². The van der Waals surface area contributed by atoms with Crippen molar-refractivity contribution in [3.63, 3.8) is 0 Å². The molecule has 3 rings (SSSR count). The minimum absolute atomic E-state index is 0.704. The van der Waals surface area contributed by atoms with Gasteiger partial charge in [-0.15, -0.1) is 11.3 Å². The van der Waals surface area contributed by atoms with E-state index in [1.165, 1.54) is 5.56 Å². The fourth-order valence-corrected chi connectivity index (χ4v) is 4.43. The molecule has 0 unspecified atom stereocenters. The lowest BCUT2D eigenvalue weighted by Gasteiger charge is -2.28. The molecule has 0 saturated heterocycles. The quantitative estimate of drug-likeness (QED) is 0.790. The van der Waals surface area contributed by atoms with Gasteiger partial charge in [0.15, 0.2) is 0 Å². The number of benzene rings is 1. The summed E-state index contributed by atoms with van der Waals surface area (Å²) in [6.07, 6.45) is 6.12. The van der Waals surface area contributed by atoms with Gasteiger partial charge in [-0.1, -0.05) is 31.7 Å². The molecule has 1 aromatic heterocycles. The number of fused-ring (bicyclic) bond motifs is 1. The third kappa shape index (κ3) is 4.58. The molecule has 0 fully saturated rings. The predicted octanol–water partition coefficient (Wildman–Crippen LogP) is 5.28. The van der Waals surface area contributed by atoms with E-state index >= 15 is 0 Å². The van der Waals surface area contributed by atoms with Crippen LogP contribution >= 0.6 is 11.3 Å². The first-order valence-electron chi connectivity index (χ1n) is 9.52. The molecule has 0 radical (unpaired) electrons. The van der Waals surface area contributed by atoms with E-state index in [2.05, 4.69) is 40.2 Å². The molecule has 0 aliphatic carbocycles. The topological polar surface area (TPSA) is 51.4 Å².